The van der Waals surface area contributed by atoms with Crippen LogP contribution in [0.5, 0.6) is 0 Å². The maximum Gasteiger partial charge on any atom is 0.293 e. The van der Waals surface area contributed by atoms with Crippen molar-refractivity contribution < 1.29 is 9.59 Å². The lowest BCUT2D eigenvalue weighted by Gasteiger charge is -2.27. The normalized spacial score (nSPS) is 15.1. The van der Waals surface area contributed by atoms with Gasteiger partial charge in [-0.1, -0.05) is 12.1 Å². The van der Waals surface area contributed by atoms with Gasteiger partial charge in [0, 0.05) is 42.3 Å². The van der Waals surface area contributed by atoms with Crippen LogP contribution in [-0.2, 0) is 11.8 Å². The van der Waals surface area contributed by atoms with Crippen LogP contribution in [0.25, 0.3) is 11.3 Å². The van der Waals surface area contributed by atoms with Crippen molar-refractivity contribution in [3.63, 3.8) is 0 Å². The Morgan fingerprint density at radius 3 is 2.59 bits per heavy atom. The van der Waals surface area contributed by atoms with Crippen LogP contribution in [0.3, 0.4) is 0 Å². The van der Waals surface area contributed by atoms with Crippen LogP contribution >= 0.6 is 11.8 Å². The number of rotatable bonds is 5. The van der Waals surface area contributed by atoms with E-state index >= 15 is 0 Å². The molecule has 2 amide bonds. The van der Waals surface area contributed by atoms with Crippen LogP contribution in [0.2, 0.25) is 0 Å². The number of nitrogens with one attached hydrogen (secondary N) is 1. The molecule has 1 aliphatic rings. The van der Waals surface area contributed by atoms with E-state index in [0.717, 1.165) is 23.5 Å². The summed E-state index contributed by atoms with van der Waals surface area (Å²) >= 11 is 0.698. The summed E-state index contributed by atoms with van der Waals surface area (Å²) in [4.78, 5) is 42.9. The van der Waals surface area contributed by atoms with Crippen LogP contribution in [0.4, 0.5) is 17.2 Å². The standard InChI is InChI=1S/C23H25N5O3S/c1-14-17(4-3-5-18(14)21(24)30)19-12-27(2)23(31)22(26-19)25-15-6-8-16(9-7-15)28-10-11-32-13-20(28)29/h3-9,12H,10-11,13,32H2,1-2H3,(H2,24,30)(H,25,26). The topological polar surface area (TPSA) is 110 Å². The molecule has 3 aromatic rings. The van der Waals surface area contributed by atoms with Gasteiger partial charge in [0.25, 0.3) is 5.56 Å². The molecule has 1 fully saturated rings. The van der Waals surface area contributed by atoms with Crippen molar-refractivity contribution in [2.75, 3.05) is 28.3 Å². The molecule has 32 heavy (non-hydrogen) atoms. The maximum atomic E-state index is 12.7. The van der Waals surface area contributed by atoms with Crippen molar-refractivity contribution in [1.82, 2.24) is 9.55 Å². The Hall–Kier alpha value is -3.59. The molecule has 3 N–H and O–H groups in total. The number of hydrogen-bond donors (Lipinski definition) is 2. The first-order valence-corrected chi connectivity index (χ1v) is 11.6. The number of nitrogens with zero attached hydrogens (tertiary/aromatic N) is 3. The van der Waals surface area contributed by atoms with Crippen LogP contribution in [-0.4, -0.2) is 39.4 Å². The molecule has 1 saturated heterocycles. The minimum absolute atomic E-state index is 0.145. The lowest BCUT2D eigenvalue weighted by molar-refractivity contribution is -0.116. The van der Waals surface area contributed by atoms with Gasteiger partial charge in [-0.25, -0.2) is 4.98 Å². The van der Waals surface area contributed by atoms with Gasteiger partial charge in [-0.2, -0.15) is 0 Å². The zero-order chi connectivity index (χ0) is 22.8. The van der Waals surface area contributed by atoms with E-state index in [0.29, 0.717) is 40.0 Å². The number of amides is 2. The second kappa shape index (κ2) is 8.88. The summed E-state index contributed by atoms with van der Waals surface area (Å²) in [6.45, 7) is 2.54. The maximum absolute atomic E-state index is 12.7. The largest absolute Gasteiger partial charge is 0.366 e. The van der Waals surface area contributed by atoms with Crippen LogP contribution < -0.4 is 21.5 Å². The molecule has 0 atom stereocenters. The Bertz CT molecular complexity index is 1250. The van der Waals surface area contributed by atoms with Crippen molar-refractivity contribution in [1.29, 1.82) is 0 Å². The zero-order valence-corrected chi connectivity index (χ0v) is 18.9. The summed E-state index contributed by atoms with van der Waals surface area (Å²) in [5.74, 6) is 1.42. The van der Waals surface area contributed by atoms with Crippen LogP contribution in [0, 0.1) is 6.92 Å². The highest BCUT2D eigenvalue weighted by molar-refractivity contribution is 8.00. The van der Waals surface area contributed by atoms with Gasteiger partial charge >= 0.3 is 0 Å². The summed E-state index contributed by atoms with van der Waals surface area (Å²) < 4.78 is 1.45. The molecule has 0 radical (unpaired) electrons. The number of aromatic nitrogens is 2. The predicted molar refractivity (Wildman–Crippen MR) is 130 cm³/mol. The summed E-state index contributed by atoms with van der Waals surface area (Å²) in [5.41, 5.74) is 9.10. The van der Waals surface area contributed by atoms with Crippen molar-refractivity contribution in [2.45, 2.75) is 6.92 Å². The third-order valence-electron chi connectivity index (χ3n) is 5.48. The van der Waals surface area contributed by atoms with Gasteiger partial charge in [-0.3, -0.25) is 26.1 Å². The number of aryl methyl sites for hydroxylation is 1. The Kier molecular flexibility index (Phi) is 6.00. The van der Waals surface area contributed by atoms with Crippen LogP contribution in [0.15, 0.2) is 53.5 Å². The quantitative estimate of drug-likeness (QED) is 0.618. The smallest absolute Gasteiger partial charge is 0.293 e. The van der Waals surface area contributed by atoms with Crippen molar-refractivity contribution in [2.24, 2.45) is 12.8 Å². The van der Waals surface area contributed by atoms with E-state index in [1.165, 1.54) is 4.57 Å². The van der Waals surface area contributed by atoms with Gasteiger partial charge in [0.05, 0.1) is 11.4 Å². The van der Waals surface area contributed by atoms with E-state index in [2.05, 4.69) is 10.3 Å². The van der Waals surface area contributed by atoms with Gasteiger partial charge in [-0.05, 0) is 48.6 Å². The molecule has 166 valence electrons. The average molecular weight is 452 g/mol. The molecule has 2 heterocycles. The van der Waals surface area contributed by atoms with E-state index in [-0.39, 0.29) is 17.3 Å². The third kappa shape index (κ3) is 4.24. The first kappa shape index (κ1) is 21.6. The molecule has 2 aromatic carbocycles. The van der Waals surface area contributed by atoms with Gasteiger partial charge in [0.15, 0.2) is 5.82 Å². The molecule has 0 saturated carbocycles. The Morgan fingerprint density at radius 1 is 1.16 bits per heavy atom. The fraction of sp³-hybridized carbons (Fsp3) is 0.217. The van der Waals surface area contributed by atoms with Crippen molar-refractivity contribution >= 4 is 40.8 Å². The highest BCUT2D eigenvalue weighted by atomic mass is 32.2. The Morgan fingerprint density at radius 2 is 1.91 bits per heavy atom. The monoisotopic (exact) mass is 451 g/mol. The number of benzene rings is 2. The second-order valence-electron chi connectivity index (χ2n) is 7.63. The fourth-order valence-electron chi connectivity index (χ4n) is 3.74. The lowest BCUT2D eigenvalue weighted by atomic mass is 10.00. The molecular formula is C23H25N5O3S. The first-order chi connectivity index (χ1) is 15.3. The van der Waals surface area contributed by atoms with Gasteiger partial charge < -0.3 is 20.5 Å². The zero-order valence-electron chi connectivity index (χ0n) is 17.9. The second-order valence-corrected chi connectivity index (χ2v) is 8.98. The van der Waals surface area contributed by atoms with E-state index in [1.807, 2.05) is 30.3 Å². The number of carbonyl (C=O) groups excluding carboxylic acids is 2. The first-order valence-electron chi connectivity index (χ1n) is 10.2. The molecule has 0 spiro atoms. The molecule has 0 aliphatic carbocycles. The minimum Gasteiger partial charge on any atom is -0.366 e. The van der Waals surface area contributed by atoms with Crippen molar-refractivity contribution in [3.05, 3.63) is 70.1 Å². The van der Waals surface area contributed by atoms with E-state index in [4.69, 9.17) is 5.73 Å². The Labute approximate surface area is 189 Å². The number of anilines is 3. The van der Waals surface area contributed by atoms with Crippen molar-refractivity contribution in [3.8, 4) is 11.3 Å². The summed E-state index contributed by atoms with van der Waals surface area (Å²) in [7, 11) is 1.65. The Balaban J connectivity index is 1.65. The molecule has 0 bridgehead atoms. The van der Waals surface area contributed by atoms with E-state index < -0.39 is 5.91 Å². The molecule has 1 aromatic heterocycles. The van der Waals surface area contributed by atoms with Gasteiger partial charge in [0.1, 0.15) is 0 Å². The predicted octanol–water partition coefficient (Wildman–Crippen LogP) is 2.14. The number of carbonyl (C=O) groups is 2. The van der Waals surface area contributed by atoms with E-state index in [9.17, 15) is 14.4 Å². The minimum atomic E-state index is -0.514. The summed E-state index contributed by atoms with van der Waals surface area (Å²) in [6, 6.07) is 12.6. The summed E-state index contributed by atoms with van der Waals surface area (Å²) in [5, 5.41) is 3.08. The number of primary amides is 1. The number of nitrogens with two attached hydrogens (primary N) is 1. The highest BCUT2D eigenvalue weighted by Gasteiger charge is 2.19. The van der Waals surface area contributed by atoms with Gasteiger partial charge in [0.2, 0.25) is 11.8 Å². The van der Waals surface area contributed by atoms with E-state index in [1.54, 1.807) is 37.2 Å². The molecule has 8 nitrogen and oxygen atoms in total. The average Bonchev–Trinajstić information content (AvgIpc) is 2.78. The third-order valence-corrected chi connectivity index (χ3v) is 6.61. The molecule has 9 heteroatoms. The number of hydrogen-bond acceptors (Lipinski definition) is 5. The van der Waals surface area contributed by atoms with Gasteiger partial charge in [-0.15, -0.1) is 0 Å². The molecular weight excluding hydrogens is 426 g/mol. The SMILES string of the molecule is Cc1c(C(N)=O)cccc1-c1cn(C)c(=O)c(Nc2ccc(N3CC[SH2]CC3=O)cc2)n1. The molecule has 4 rings (SSSR count). The molecule has 1 aliphatic heterocycles. The fourth-order valence-corrected chi connectivity index (χ4v) is 4.70. The highest BCUT2D eigenvalue weighted by Crippen LogP contribution is 2.26. The van der Waals surface area contributed by atoms with Crippen LogP contribution in [0.1, 0.15) is 15.9 Å². The lowest BCUT2D eigenvalue weighted by Crippen LogP contribution is -2.38. The summed E-state index contributed by atoms with van der Waals surface area (Å²) in [6.07, 6.45) is 1.63. The molecule has 0 unspecified atom stereocenters.